The molecule has 1 saturated heterocycles. The molecule has 2 heterocycles. The number of carbonyl (C=O) groups is 1. The van der Waals surface area contributed by atoms with Gasteiger partial charge in [-0.1, -0.05) is 23.2 Å². The molecule has 0 spiro atoms. The monoisotopic (exact) mass is 478 g/mol. The lowest BCUT2D eigenvalue weighted by molar-refractivity contribution is -0.152. The van der Waals surface area contributed by atoms with Gasteiger partial charge in [0, 0.05) is 29.6 Å². The Labute approximate surface area is 194 Å². The minimum Gasteiger partial charge on any atom is -0.492 e. The fraction of sp³-hybridized carbons (Fsp3) is 0.304. The van der Waals surface area contributed by atoms with Gasteiger partial charge in [-0.05, 0) is 49.2 Å². The summed E-state index contributed by atoms with van der Waals surface area (Å²) in [6.07, 6.45) is 0.735. The number of hydrogen-bond donors (Lipinski definition) is 1. The highest BCUT2D eigenvalue weighted by molar-refractivity contribution is 6.36. The van der Waals surface area contributed by atoms with Gasteiger partial charge >= 0.3 is 5.97 Å². The van der Waals surface area contributed by atoms with E-state index in [1.54, 1.807) is 24.3 Å². The summed E-state index contributed by atoms with van der Waals surface area (Å²) in [5.41, 5.74) is -0.144. The van der Waals surface area contributed by atoms with Crippen molar-refractivity contribution in [2.75, 3.05) is 31.7 Å². The number of ether oxygens (including phenoxy) is 2. The highest BCUT2D eigenvalue weighted by Crippen LogP contribution is 2.38. The molecule has 32 heavy (non-hydrogen) atoms. The van der Waals surface area contributed by atoms with Crippen LogP contribution in [0.15, 0.2) is 42.5 Å². The van der Waals surface area contributed by atoms with Gasteiger partial charge in [0.25, 0.3) is 0 Å². The molecule has 0 radical (unpaired) electrons. The largest absolute Gasteiger partial charge is 0.492 e. The van der Waals surface area contributed by atoms with Crippen LogP contribution in [-0.4, -0.2) is 42.9 Å². The number of carboxylic acid groups (broad SMARTS) is 1. The third-order valence-corrected chi connectivity index (χ3v) is 6.42. The van der Waals surface area contributed by atoms with Crippen LogP contribution < -0.4 is 14.4 Å². The van der Waals surface area contributed by atoms with Gasteiger partial charge < -0.3 is 19.5 Å². The molecule has 3 aromatic rings. The van der Waals surface area contributed by atoms with Gasteiger partial charge in [-0.2, -0.15) is 0 Å². The molecule has 1 aliphatic rings. The molecule has 1 aliphatic heterocycles. The Morgan fingerprint density at radius 1 is 1.19 bits per heavy atom. The Bertz CT molecular complexity index is 1170. The Balaban J connectivity index is 1.53. The second-order valence-electron chi connectivity index (χ2n) is 7.75. The van der Waals surface area contributed by atoms with Gasteiger partial charge in [-0.3, -0.25) is 4.79 Å². The third kappa shape index (κ3) is 4.27. The second-order valence-corrected chi connectivity index (χ2v) is 8.60. The first-order valence-corrected chi connectivity index (χ1v) is 10.8. The highest BCUT2D eigenvalue weighted by atomic mass is 35.5. The molecule has 0 bridgehead atoms. The van der Waals surface area contributed by atoms with E-state index in [1.165, 1.54) is 19.2 Å². The molecule has 168 valence electrons. The average molecular weight is 479 g/mol. The van der Waals surface area contributed by atoms with Crippen LogP contribution in [0.25, 0.3) is 10.9 Å². The number of methoxy groups -OCH3 is 1. The maximum Gasteiger partial charge on any atom is 0.313 e. The fourth-order valence-corrected chi connectivity index (χ4v) is 4.46. The van der Waals surface area contributed by atoms with E-state index in [2.05, 4.69) is 4.98 Å². The molecular weight excluding hydrogens is 458 g/mol. The van der Waals surface area contributed by atoms with Crippen molar-refractivity contribution in [3.63, 3.8) is 0 Å². The lowest BCUT2D eigenvalue weighted by atomic mass is 9.79. The number of piperidine rings is 1. The topological polar surface area (TPSA) is 71.9 Å². The first-order valence-electron chi connectivity index (χ1n) is 10.0. The van der Waals surface area contributed by atoms with E-state index in [1.807, 2.05) is 11.0 Å². The van der Waals surface area contributed by atoms with E-state index in [0.29, 0.717) is 47.1 Å². The highest BCUT2D eigenvalue weighted by Gasteiger charge is 2.43. The Kier molecular flexibility index (Phi) is 6.31. The van der Waals surface area contributed by atoms with Gasteiger partial charge in [0.2, 0.25) is 5.88 Å². The zero-order valence-corrected chi connectivity index (χ0v) is 18.8. The van der Waals surface area contributed by atoms with Gasteiger partial charge in [0.05, 0.1) is 17.8 Å². The molecule has 4 rings (SSSR count). The molecule has 9 heteroatoms. The fourth-order valence-electron chi connectivity index (χ4n) is 3.93. The van der Waals surface area contributed by atoms with Gasteiger partial charge in [-0.25, -0.2) is 9.37 Å². The second kappa shape index (κ2) is 9.00. The van der Waals surface area contributed by atoms with E-state index >= 15 is 0 Å². The lowest BCUT2D eigenvalue weighted by Crippen LogP contribution is -2.47. The van der Waals surface area contributed by atoms with E-state index in [9.17, 15) is 14.3 Å². The van der Waals surface area contributed by atoms with Crippen molar-refractivity contribution < 1.29 is 23.8 Å². The molecular formula is C23H21Cl2FN2O4. The van der Waals surface area contributed by atoms with Crippen LogP contribution in [0.2, 0.25) is 10.0 Å². The zero-order valence-electron chi connectivity index (χ0n) is 17.3. The summed E-state index contributed by atoms with van der Waals surface area (Å²) < 4.78 is 25.3. The number of anilines is 1. The van der Waals surface area contributed by atoms with Gasteiger partial charge in [-0.15, -0.1) is 0 Å². The minimum atomic E-state index is -1.07. The van der Waals surface area contributed by atoms with Crippen LogP contribution in [0.1, 0.15) is 12.8 Å². The maximum absolute atomic E-state index is 14.3. The van der Waals surface area contributed by atoms with Crippen molar-refractivity contribution in [1.82, 2.24) is 4.98 Å². The zero-order chi connectivity index (χ0) is 22.9. The molecule has 1 N–H and O–H groups in total. The number of aliphatic carboxylic acids is 1. The molecule has 0 unspecified atom stereocenters. The van der Waals surface area contributed by atoms with Gasteiger partial charge in [0.1, 0.15) is 29.1 Å². The number of carboxylic acids is 1. The molecule has 2 aromatic carbocycles. The predicted molar refractivity (Wildman–Crippen MR) is 122 cm³/mol. The number of aromatic nitrogens is 1. The average Bonchev–Trinajstić information content (AvgIpc) is 2.79. The Morgan fingerprint density at radius 3 is 2.59 bits per heavy atom. The van der Waals surface area contributed by atoms with Crippen LogP contribution in [-0.2, 0) is 4.79 Å². The molecule has 0 atom stereocenters. The summed E-state index contributed by atoms with van der Waals surface area (Å²) in [7, 11) is 1.45. The third-order valence-electron chi connectivity index (χ3n) is 5.88. The van der Waals surface area contributed by atoms with Crippen LogP contribution in [0, 0.1) is 11.2 Å². The van der Waals surface area contributed by atoms with Crippen LogP contribution in [0.3, 0.4) is 0 Å². The van der Waals surface area contributed by atoms with E-state index < -0.39 is 17.2 Å². The minimum absolute atomic E-state index is 0.0444. The van der Waals surface area contributed by atoms with Crippen molar-refractivity contribution in [1.29, 1.82) is 0 Å². The molecule has 0 amide bonds. The van der Waals surface area contributed by atoms with Crippen LogP contribution in [0.4, 0.5) is 10.1 Å². The SMILES string of the molecule is COc1ccc2c(OCC3(C(=O)O)CCN(c4ccc(Cl)cc4Cl)CC3)ccc(F)c2n1. The summed E-state index contributed by atoms with van der Waals surface area (Å²) in [4.78, 5) is 18.4. The number of fused-ring (bicyclic) bond motifs is 1. The van der Waals surface area contributed by atoms with Crippen LogP contribution in [0.5, 0.6) is 11.6 Å². The van der Waals surface area contributed by atoms with Crippen LogP contribution >= 0.6 is 23.2 Å². The first-order chi connectivity index (χ1) is 15.3. The molecule has 0 aliphatic carbocycles. The van der Waals surface area contributed by atoms with E-state index in [4.69, 9.17) is 32.7 Å². The number of benzene rings is 2. The summed E-state index contributed by atoms with van der Waals surface area (Å²) >= 11 is 12.3. The Hall–Kier alpha value is -2.77. The smallest absolute Gasteiger partial charge is 0.313 e. The summed E-state index contributed by atoms with van der Waals surface area (Å²) in [6.45, 7) is 0.956. The van der Waals surface area contributed by atoms with Crippen molar-refractivity contribution >= 4 is 45.8 Å². The first kappa shape index (κ1) is 22.4. The number of rotatable bonds is 6. The maximum atomic E-state index is 14.3. The number of pyridine rings is 1. The van der Waals surface area contributed by atoms with Crippen molar-refractivity contribution in [2.24, 2.45) is 5.41 Å². The Morgan fingerprint density at radius 2 is 1.94 bits per heavy atom. The van der Waals surface area contributed by atoms with Crippen molar-refractivity contribution in [3.05, 3.63) is 58.3 Å². The molecule has 1 aromatic heterocycles. The standard InChI is InChI=1S/C23H21Cl2FN2O4/c1-31-20-7-3-15-19(6-4-17(26)21(15)27-20)32-13-23(22(29)30)8-10-28(11-9-23)18-5-2-14(24)12-16(18)25/h2-7,12H,8-11,13H2,1H3,(H,29,30). The number of hydrogen-bond acceptors (Lipinski definition) is 5. The van der Waals surface area contributed by atoms with E-state index in [-0.39, 0.29) is 18.0 Å². The number of halogens is 3. The lowest BCUT2D eigenvalue weighted by Gasteiger charge is -2.40. The molecule has 1 fully saturated rings. The summed E-state index contributed by atoms with van der Waals surface area (Å²) in [5, 5.41) is 11.5. The summed E-state index contributed by atoms with van der Waals surface area (Å²) in [5.74, 6) is -0.776. The van der Waals surface area contributed by atoms with E-state index in [0.717, 1.165) is 5.69 Å². The summed E-state index contributed by atoms with van der Waals surface area (Å²) in [6, 6.07) is 11.3. The normalized spacial score (nSPS) is 15.6. The predicted octanol–water partition coefficient (Wildman–Crippen LogP) is 5.44. The molecule has 0 saturated carbocycles. The van der Waals surface area contributed by atoms with Gasteiger partial charge in [0.15, 0.2) is 0 Å². The quantitative estimate of drug-likeness (QED) is 0.508. The van der Waals surface area contributed by atoms with Crippen molar-refractivity contribution in [2.45, 2.75) is 12.8 Å². The number of nitrogens with zero attached hydrogens (tertiary/aromatic N) is 2. The molecule has 6 nitrogen and oxygen atoms in total. The van der Waals surface area contributed by atoms with Crippen molar-refractivity contribution in [3.8, 4) is 11.6 Å².